The van der Waals surface area contributed by atoms with Crippen LogP contribution >= 0.6 is 0 Å². The van der Waals surface area contributed by atoms with Crippen molar-refractivity contribution in [1.29, 1.82) is 0 Å². The van der Waals surface area contributed by atoms with E-state index in [4.69, 9.17) is 5.11 Å². The molecule has 1 atom stereocenters. The van der Waals surface area contributed by atoms with Crippen molar-refractivity contribution in [3.05, 3.63) is 24.3 Å². The number of hydrogen-bond donors (Lipinski definition) is 2. The summed E-state index contributed by atoms with van der Waals surface area (Å²) in [4.78, 5) is 13.9. The van der Waals surface area contributed by atoms with Crippen LogP contribution in [0.4, 0.5) is 10.1 Å². The van der Waals surface area contributed by atoms with Crippen molar-refractivity contribution in [1.82, 2.24) is 4.98 Å². The minimum absolute atomic E-state index is 0.330. The number of hydrogen-bond acceptors (Lipinski definition) is 4. The number of nitrogens with one attached hydrogen (secondary N) is 1. The summed E-state index contributed by atoms with van der Waals surface area (Å²) in [5, 5.41) is 6.87. The standard InChI is InChI=1S/C8H9FN2O4S/c1-5(8(12)13)16(14,15)11-7-2-3-10-4-6(7)9/h2-5H,1H3,(H,10,11)(H,12,13). The highest BCUT2D eigenvalue weighted by molar-refractivity contribution is 7.94. The lowest BCUT2D eigenvalue weighted by molar-refractivity contribution is -0.136. The van der Waals surface area contributed by atoms with Crippen LogP contribution in [0.3, 0.4) is 0 Å². The van der Waals surface area contributed by atoms with E-state index in [9.17, 15) is 17.6 Å². The zero-order chi connectivity index (χ0) is 12.3. The molecular weight excluding hydrogens is 239 g/mol. The first-order valence-electron chi connectivity index (χ1n) is 4.18. The van der Waals surface area contributed by atoms with Gasteiger partial charge in [0.25, 0.3) is 0 Å². The summed E-state index contributed by atoms with van der Waals surface area (Å²) in [5.41, 5.74) is -0.330. The smallest absolute Gasteiger partial charge is 0.323 e. The van der Waals surface area contributed by atoms with Crippen LogP contribution in [0.15, 0.2) is 18.5 Å². The van der Waals surface area contributed by atoms with Gasteiger partial charge in [0, 0.05) is 6.20 Å². The molecule has 0 amide bonds. The molecule has 88 valence electrons. The summed E-state index contributed by atoms with van der Waals surface area (Å²) in [6.45, 7) is 0.990. The molecule has 0 spiro atoms. The fraction of sp³-hybridized carbons (Fsp3) is 0.250. The Morgan fingerprint density at radius 2 is 2.25 bits per heavy atom. The van der Waals surface area contributed by atoms with Gasteiger partial charge in [0.05, 0.1) is 11.9 Å². The molecular formula is C8H9FN2O4S. The summed E-state index contributed by atoms with van der Waals surface area (Å²) in [7, 11) is -4.15. The largest absolute Gasteiger partial charge is 0.480 e. The van der Waals surface area contributed by atoms with Crippen molar-refractivity contribution in [2.75, 3.05) is 4.72 Å². The Morgan fingerprint density at radius 3 is 2.75 bits per heavy atom. The summed E-state index contributed by atoms with van der Waals surface area (Å²) in [6.07, 6.45) is 2.01. The maximum atomic E-state index is 13.0. The highest BCUT2D eigenvalue weighted by Gasteiger charge is 2.28. The summed E-state index contributed by atoms with van der Waals surface area (Å²) in [6, 6.07) is 1.10. The van der Waals surface area contributed by atoms with Crippen molar-refractivity contribution in [2.24, 2.45) is 0 Å². The number of anilines is 1. The number of sulfonamides is 1. The van der Waals surface area contributed by atoms with E-state index >= 15 is 0 Å². The van der Waals surface area contributed by atoms with Crippen LogP contribution in [-0.2, 0) is 14.8 Å². The van der Waals surface area contributed by atoms with E-state index in [1.54, 1.807) is 0 Å². The van der Waals surface area contributed by atoms with Gasteiger partial charge in [0.1, 0.15) is 0 Å². The van der Waals surface area contributed by atoms with Gasteiger partial charge in [-0.25, -0.2) is 12.8 Å². The number of carbonyl (C=O) groups is 1. The molecule has 0 aromatic carbocycles. The third kappa shape index (κ3) is 2.66. The van der Waals surface area contributed by atoms with Crippen LogP contribution in [0.5, 0.6) is 0 Å². The zero-order valence-electron chi connectivity index (χ0n) is 8.21. The second-order valence-corrected chi connectivity index (χ2v) is 4.98. The minimum atomic E-state index is -4.15. The van der Waals surface area contributed by atoms with E-state index in [2.05, 4.69) is 4.98 Å². The van der Waals surface area contributed by atoms with Crippen LogP contribution in [-0.4, -0.2) is 29.7 Å². The molecule has 1 aromatic rings. The summed E-state index contributed by atoms with van der Waals surface area (Å²) < 4.78 is 37.7. The predicted octanol–water partition coefficient (Wildman–Crippen LogP) is 0.435. The topological polar surface area (TPSA) is 96.4 Å². The minimum Gasteiger partial charge on any atom is -0.480 e. The van der Waals surface area contributed by atoms with Crippen molar-refractivity contribution in [3.63, 3.8) is 0 Å². The highest BCUT2D eigenvalue weighted by atomic mass is 32.2. The van der Waals surface area contributed by atoms with Crippen LogP contribution in [0, 0.1) is 5.82 Å². The maximum absolute atomic E-state index is 13.0. The molecule has 1 unspecified atom stereocenters. The van der Waals surface area contributed by atoms with E-state index in [1.165, 1.54) is 6.20 Å². The SMILES string of the molecule is CC(C(=O)O)S(=O)(=O)Nc1ccncc1F. The first-order chi connectivity index (χ1) is 7.34. The molecule has 1 rings (SSSR count). The van der Waals surface area contributed by atoms with E-state index in [0.29, 0.717) is 0 Å². The first-order valence-corrected chi connectivity index (χ1v) is 5.73. The number of pyridine rings is 1. The molecule has 1 aromatic heterocycles. The summed E-state index contributed by atoms with van der Waals surface area (Å²) >= 11 is 0. The molecule has 0 saturated heterocycles. The lowest BCUT2D eigenvalue weighted by Gasteiger charge is -2.11. The van der Waals surface area contributed by atoms with Gasteiger partial charge in [0.15, 0.2) is 11.1 Å². The van der Waals surface area contributed by atoms with Crippen LogP contribution in [0.1, 0.15) is 6.92 Å². The first kappa shape index (κ1) is 12.4. The molecule has 0 fully saturated rings. The Balaban J connectivity index is 2.98. The van der Waals surface area contributed by atoms with Gasteiger partial charge in [-0.05, 0) is 13.0 Å². The fourth-order valence-corrected chi connectivity index (χ4v) is 1.75. The molecule has 0 saturated carbocycles. The highest BCUT2D eigenvalue weighted by Crippen LogP contribution is 2.14. The van der Waals surface area contributed by atoms with Gasteiger partial charge in [-0.1, -0.05) is 0 Å². The second kappa shape index (κ2) is 4.44. The Morgan fingerprint density at radius 1 is 1.62 bits per heavy atom. The van der Waals surface area contributed by atoms with Gasteiger partial charge >= 0.3 is 5.97 Å². The number of halogens is 1. The van der Waals surface area contributed by atoms with Gasteiger partial charge in [-0.3, -0.25) is 14.5 Å². The number of aliphatic carboxylic acids is 1. The normalized spacial score (nSPS) is 13.1. The van der Waals surface area contributed by atoms with Crippen molar-refractivity contribution < 1.29 is 22.7 Å². The number of rotatable bonds is 4. The molecule has 0 aliphatic carbocycles. The monoisotopic (exact) mass is 248 g/mol. The summed E-state index contributed by atoms with van der Waals surface area (Å²) in [5.74, 6) is -2.38. The zero-order valence-corrected chi connectivity index (χ0v) is 9.03. The number of nitrogens with zero attached hydrogens (tertiary/aromatic N) is 1. The number of carboxylic acids is 1. The van der Waals surface area contributed by atoms with Crippen LogP contribution in [0.25, 0.3) is 0 Å². The molecule has 0 radical (unpaired) electrons. The molecule has 0 aliphatic heterocycles. The average molecular weight is 248 g/mol. The fourth-order valence-electron chi connectivity index (χ4n) is 0.832. The molecule has 0 aliphatic rings. The second-order valence-electron chi connectivity index (χ2n) is 2.98. The number of aromatic nitrogens is 1. The third-order valence-corrected chi connectivity index (χ3v) is 3.47. The van der Waals surface area contributed by atoms with Gasteiger partial charge in [0.2, 0.25) is 10.0 Å². The molecule has 6 nitrogen and oxygen atoms in total. The molecule has 0 bridgehead atoms. The van der Waals surface area contributed by atoms with Crippen molar-refractivity contribution in [3.8, 4) is 0 Å². The lowest BCUT2D eigenvalue weighted by Crippen LogP contribution is -2.32. The predicted molar refractivity (Wildman–Crippen MR) is 53.8 cm³/mol. The maximum Gasteiger partial charge on any atom is 0.323 e. The Kier molecular flexibility index (Phi) is 3.43. The van der Waals surface area contributed by atoms with Gasteiger partial charge < -0.3 is 5.11 Å². The molecule has 2 N–H and O–H groups in total. The van der Waals surface area contributed by atoms with Crippen LogP contribution < -0.4 is 4.72 Å². The van der Waals surface area contributed by atoms with E-state index in [0.717, 1.165) is 19.2 Å². The Hall–Kier alpha value is -1.70. The Labute approximate surface area is 91.2 Å². The number of carboxylic acid groups (broad SMARTS) is 1. The quantitative estimate of drug-likeness (QED) is 0.805. The Bertz CT molecular complexity index is 503. The lowest BCUT2D eigenvalue weighted by atomic mass is 10.4. The van der Waals surface area contributed by atoms with Gasteiger partial charge in [-0.15, -0.1) is 0 Å². The third-order valence-electron chi connectivity index (χ3n) is 1.84. The molecule has 1 heterocycles. The van der Waals surface area contributed by atoms with E-state index in [1.807, 2.05) is 4.72 Å². The van der Waals surface area contributed by atoms with E-state index < -0.39 is 27.1 Å². The molecule has 8 heteroatoms. The van der Waals surface area contributed by atoms with Crippen molar-refractivity contribution in [2.45, 2.75) is 12.2 Å². The average Bonchev–Trinajstić information content (AvgIpc) is 2.20. The van der Waals surface area contributed by atoms with Gasteiger partial charge in [-0.2, -0.15) is 0 Å². The van der Waals surface area contributed by atoms with Crippen LogP contribution in [0.2, 0.25) is 0 Å². The van der Waals surface area contributed by atoms with E-state index in [-0.39, 0.29) is 5.69 Å². The molecule has 16 heavy (non-hydrogen) atoms. The van der Waals surface area contributed by atoms with Crippen molar-refractivity contribution >= 4 is 21.7 Å².